The van der Waals surface area contributed by atoms with Gasteiger partial charge in [0.15, 0.2) is 0 Å². The molecule has 2 aromatic rings. The van der Waals surface area contributed by atoms with Gasteiger partial charge in [-0.15, -0.1) is 0 Å². The van der Waals surface area contributed by atoms with Crippen LogP contribution in [0.4, 0.5) is 0 Å². The molecule has 1 heterocycles. The van der Waals surface area contributed by atoms with E-state index in [0.29, 0.717) is 23.9 Å². The molecule has 1 saturated carbocycles. The molecule has 0 saturated heterocycles. The number of aryl methyl sites for hydroxylation is 1. The molecular formula is C17H19NO3. The predicted octanol–water partition coefficient (Wildman–Crippen LogP) is 3.40. The van der Waals surface area contributed by atoms with Crippen LogP contribution in [0.3, 0.4) is 0 Å². The average Bonchev–Trinajstić information content (AvgIpc) is 3.26. The lowest BCUT2D eigenvalue weighted by atomic mass is 10.1. The maximum absolute atomic E-state index is 12.7. The first-order valence-electron chi connectivity index (χ1n) is 7.17. The number of furan rings is 1. The molecule has 1 aliphatic carbocycles. The van der Waals surface area contributed by atoms with Crippen molar-refractivity contribution in [1.82, 2.24) is 4.90 Å². The summed E-state index contributed by atoms with van der Waals surface area (Å²) in [5.41, 5.74) is 1.77. The van der Waals surface area contributed by atoms with E-state index in [-0.39, 0.29) is 5.91 Å². The van der Waals surface area contributed by atoms with E-state index in [1.165, 1.54) is 0 Å². The minimum absolute atomic E-state index is 0.0552. The SMILES string of the molecule is COc1ccc(CN(C(=O)c2ccoc2C)C2CC2)cc1. The van der Waals surface area contributed by atoms with E-state index in [9.17, 15) is 4.79 Å². The lowest BCUT2D eigenvalue weighted by Gasteiger charge is -2.22. The third kappa shape index (κ3) is 2.94. The molecule has 0 radical (unpaired) electrons. The van der Waals surface area contributed by atoms with Crippen LogP contribution in [0.5, 0.6) is 5.75 Å². The van der Waals surface area contributed by atoms with Crippen molar-refractivity contribution in [2.75, 3.05) is 7.11 Å². The van der Waals surface area contributed by atoms with Crippen LogP contribution < -0.4 is 4.74 Å². The van der Waals surface area contributed by atoms with Crippen molar-refractivity contribution in [3.63, 3.8) is 0 Å². The Labute approximate surface area is 124 Å². The number of carbonyl (C=O) groups is 1. The zero-order valence-electron chi connectivity index (χ0n) is 12.3. The fraction of sp³-hybridized carbons (Fsp3) is 0.353. The second kappa shape index (κ2) is 5.64. The third-order valence-electron chi connectivity index (χ3n) is 3.85. The molecule has 21 heavy (non-hydrogen) atoms. The van der Waals surface area contributed by atoms with Crippen LogP contribution in [0.1, 0.15) is 34.5 Å². The van der Waals surface area contributed by atoms with Crippen LogP contribution in [0.2, 0.25) is 0 Å². The quantitative estimate of drug-likeness (QED) is 0.845. The summed E-state index contributed by atoms with van der Waals surface area (Å²) in [5.74, 6) is 1.56. The van der Waals surface area contributed by atoms with Crippen LogP contribution in [0.15, 0.2) is 41.0 Å². The maximum Gasteiger partial charge on any atom is 0.257 e. The summed E-state index contributed by atoms with van der Waals surface area (Å²) in [6, 6.07) is 9.96. The van der Waals surface area contributed by atoms with E-state index in [0.717, 1.165) is 24.2 Å². The molecule has 0 unspecified atom stereocenters. The summed E-state index contributed by atoms with van der Waals surface area (Å²) in [6.07, 6.45) is 3.73. The standard InChI is InChI=1S/C17H19NO3/c1-12-16(9-10-21-12)17(19)18(14-5-6-14)11-13-3-7-15(20-2)8-4-13/h3-4,7-10,14H,5-6,11H2,1-2H3. The van der Waals surface area contributed by atoms with Crippen molar-refractivity contribution >= 4 is 5.91 Å². The number of hydrogen-bond donors (Lipinski definition) is 0. The summed E-state index contributed by atoms with van der Waals surface area (Å²) in [7, 11) is 1.65. The molecule has 1 aromatic carbocycles. The number of nitrogens with zero attached hydrogens (tertiary/aromatic N) is 1. The molecule has 1 amide bonds. The van der Waals surface area contributed by atoms with Gasteiger partial charge in [0.05, 0.1) is 18.9 Å². The molecule has 1 aliphatic rings. The number of benzene rings is 1. The first-order chi connectivity index (χ1) is 10.2. The maximum atomic E-state index is 12.7. The molecule has 1 aromatic heterocycles. The van der Waals surface area contributed by atoms with Crippen molar-refractivity contribution < 1.29 is 13.9 Å². The lowest BCUT2D eigenvalue weighted by Crippen LogP contribution is -2.32. The van der Waals surface area contributed by atoms with Crippen LogP contribution in [-0.4, -0.2) is 24.0 Å². The van der Waals surface area contributed by atoms with Crippen LogP contribution in [0.25, 0.3) is 0 Å². The monoisotopic (exact) mass is 285 g/mol. The van der Waals surface area contributed by atoms with Gasteiger partial charge in [-0.3, -0.25) is 4.79 Å². The largest absolute Gasteiger partial charge is 0.497 e. The molecule has 0 atom stereocenters. The van der Waals surface area contributed by atoms with Gasteiger partial charge in [-0.05, 0) is 43.5 Å². The van der Waals surface area contributed by atoms with E-state index in [1.54, 1.807) is 19.4 Å². The van der Waals surface area contributed by atoms with Gasteiger partial charge in [-0.1, -0.05) is 12.1 Å². The van der Waals surface area contributed by atoms with E-state index in [2.05, 4.69) is 0 Å². The first kappa shape index (κ1) is 13.7. The Morgan fingerprint density at radius 1 is 1.29 bits per heavy atom. The fourth-order valence-corrected chi connectivity index (χ4v) is 2.44. The predicted molar refractivity (Wildman–Crippen MR) is 79.3 cm³/mol. The second-order valence-electron chi connectivity index (χ2n) is 5.40. The summed E-state index contributed by atoms with van der Waals surface area (Å²) in [5, 5.41) is 0. The topological polar surface area (TPSA) is 42.7 Å². The van der Waals surface area contributed by atoms with E-state index >= 15 is 0 Å². The van der Waals surface area contributed by atoms with Gasteiger partial charge in [-0.2, -0.15) is 0 Å². The molecule has 0 spiro atoms. The van der Waals surface area contributed by atoms with Gasteiger partial charge in [0.25, 0.3) is 5.91 Å². The number of hydrogen-bond acceptors (Lipinski definition) is 3. The van der Waals surface area contributed by atoms with Crippen molar-refractivity contribution in [1.29, 1.82) is 0 Å². The minimum atomic E-state index is 0.0552. The number of ether oxygens (including phenoxy) is 1. The second-order valence-corrected chi connectivity index (χ2v) is 5.40. The Balaban J connectivity index is 1.78. The first-order valence-corrected chi connectivity index (χ1v) is 7.17. The van der Waals surface area contributed by atoms with Crippen molar-refractivity contribution in [3.05, 3.63) is 53.5 Å². The minimum Gasteiger partial charge on any atom is -0.497 e. The van der Waals surface area contributed by atoms with Crippen LogP contribution in [-0.2, 0) is 6.54 Å². The highest BCUT2D eigenvalue weighted by Crippen LogP contribution is 2.30. The molecule has 3 rings (SSSR count). The highest BCUT2D eigenvalue weighted by atomic mass is 16.5. The van der Waals surface area contributed by atoms with E-state index in [4.69, 9.17) is 9.15 Å². The highest BCUT2D eigenvalue weighted by Gasteiger charge is 2.34. The van der Waals surface area contributed by atoms with Crippen molar-refractivity contribution in [2.24, 2.45) is 0 Å². The van der Waals surface area contributed by atoms with E-state index in [1.807, 2.05) is 36.1 Å². The molecule has 110 valence electrons. The van der Waals surface area contributed by atoms with E-state index < -0.39 is 0 Å². The molecule has 0 N–H and O–H groups in total. The van der Waals surface area contributed by atoms with Crippen molar-refractivity contribution in [2.45, 2.75) is 32.4 Å². The molecule has 4 heteroatoms. The summed E-state index contributed by atoms with van der Waals surface area (Å²) in [6.45, 7) is 2.45. The average molecular weight is 285 g/mol. The molecule has 1 fully saturated rings. The third-order valence-corrected chi connectivity index (χ3v) is 3.85. The Bertz CT molecular complexity index is 626. The zero-order chi connectivity index (χ0) is 14.8. The van der Waals surface area contributed by atoms with Gasteiger partial charge in [0, 0.05) is 12.6 Å². The number of rotatable bonds is 5. The lowest BCUT2D eigenvalue weighted by molar-refractivity contribution is 0.0728. The molecule has 4 nitrogen and oxygen atoms in total. The Morgan fingerprint density at radius 2 is 2.00 bits per heavy atom. The van der Waals surface area contributed by atoms with Gasteiger partial charge < -0.3 is 14.1 Å². The summed E-state index contributed by atoms with van der Waals surface area (Å²) >= 11 is 0. The number of methoxy groups -OCH3 is 1. The normalized spacial score (nSPS) is 14.0. The summed E-state index contributed by atoms with van der Waals surface area (Å²) < 4.78 is 10.4. The Hall–Kier alpha value is -2.23. The van der Waals surface area contributed by atoms with Crippen molar-refractivity contribution in [3.8, 4) is 5.75 Å². The Kier molecular flexibility index (Phi) is 3.69. The number of carbonyl (C=O) groups excluding carboxylic acids is 1. The van der Waals surface area contributed by atoms with Gasteiger partial charge in [0.2, 0.25) is 0 Å². The van der Waals surface area contributed by atoms with Crippen LogP contribution in [0, 0.1) is 6.92 Å². The molecule has 0 aliphatic heterocycles. The Morgan fingerprint density at radius 3 is 2.52 bits per heavy atom. The van der Waals surface area contributed by atoms with Crippen LogP contribution >= 0.6 is 0 Å². The fourth-order valence-electron chi connectivity index (χ4n) is 2.44. The van der Waals surface area contributed by atoms with Gasteiger partial charge in [-0.25, -0.2) is 0 Å². The zero-order valence-corrected chi connectivity index (χ0v) is 12.3. The van der Waals surface area contributed by atoms with Gasteiger partial charge in [0.1, 0.15) is 11.5 Å². The summed E-state index contributed by atoms with van der Waals surface area (Å²) in [4.78, 5) is 14.6. The molecule has 0 bridgehead atoms. The molecular weight excluding hydrogens is 266 g/mol. The highest BCUT2D eigenvalue weighted by molar-refractivity contribution is 5.95. The number of amides is 1. The van der Waals surface area contributed by atoms with Gasteiger partial charge >= 0.3 is 0 Å². The smallest absolute Gasteiger partial charge is 0.257 e.